The van der Waals surface area contributed by atoms with Gasteiger partial charge >= 0.3 is 0 Å². The highest BCUT2D eigenvalue weighted by Crippen LogP contribution is 2.12. The van der Waals surface area contributed by atoms with Crippen molar-refractivity contribution in [3.05, 3.63) is 35.4 Å². The lowest BCUT2D eigenvalue weighted by Crippen LogP contribution is -2.51. The average molecular weight is 336 g/mol. The fourth-order valence-corrected chi connectivity index (χ4v) is 2.54. The third-order valence-corrected chi connectivity index (χ3v) is 3.79. The van der Waals surface area contributed by atoms with Crippen LogP contribution in [0.15, 0.2) is 24.7 Å². The largest absolute Gasteiger partial charge is 0.338 e. The van der Waals surface area contributed by atoms with Crippen LogP contribution in [0.2, 0.25) is 5.15 Å². The SMILES string of the molecule is O=C(Cn1cnnn1)N1CCN(C(=O)c2ccnc(Cl)c2)CC1. The molecule has 2 amide bonds. The van der Waals surface area contributed by atoms with Crippen molar-refractivity contribution < 1.29 is 9.59 Å². The minimum Gasteiger partial charge on any atom is -0.338 e. The Morgan fingerprint density at radius 1 is 1.17 bits per heavy atom. The van der Waals surface area contributed by atoms with Crippen molar-refractivity contribution in [1.82, 2.24) is 35.0 Å². The molecule has 3 rings (SSSR count). The lowest BCUT2D eigenvalue weighted by Gasteiger charge is -2.34. The van der Waals surface area contributed by atoms with Gasteiger partial charge in [-0.15, -0.1) is 5.10 Å². The topological polar surface area (TPSA) is 97.1 Å². The Balaban J connectivity index is 1.55. The van der Waals surface area contributed by atoms with Crippen molar-refractivity contribution in [2.75, 3.05) is 26.2 Å². The highest BCUT2D eigenvalue weighted by Gasteiger charge is 2.25. The van der Waals surface area contributed by atoms with Gasteiger partial charge in [0.25, 0.3) is 5.91 Å². The van der Waals surface area contributed by atoms with E-state index in [0.29, 0.717) is 31.7 Å². The molecule has 9 nitrogen and oxygen atoms in total. The number of nitrogens with zero attached hydrogens (tertiary/aromatic N) is 7. The summed E-state index contributed by atoms with van der Waals surface area (Å²) < 4.78 is 1.37. The Labute approximate surface area is 136 Å². The maximum atomic E-state index is 12.4. The summed E-state index contributed by atoms with van der Waals surface area (Å²) in [6.07, 6.45) is 2.90. The summed E-state index contributed by atoms with van der Waals surface area (Å²) in [5.74, 6) is -0.182. The van der Waals surface area contributed by atoms with Crippen LogP contribution >= 0.6 is 11.6 Å². The first-order chi connectivity index (χ1) is 11.1. The number of hydrogen-bond acceptors (Lipinski definition) is 6. The highest BCUT2D eigenvalue weighted by molar-refractivity contribution is 6.29. The normalized spacial score (nSPS) is 14.8. The third-order valence-electron chi connectivity index (χ3n) is 3.58. The molecule has 0 saturated carbocycles. The number of rotatable bonds is 3. The second-order valence-corrected chi connectivity index (χ2v) is 5.43. The molecule has 0 unspecified atom stereocenters. The van der Waals surface area contributed by atoms with Crippen molar-refractivity contribution in [2.24, 2.45) is 0 Å². The molecule has 10 heteroatoms. The van der Waals surface area contributed by atoms with Crippen LogP contribution in [0.3, 0.4) is 0 Å². The lowest BCUT2D eigenvalue weighted by molar-refractivity contribution is -0.133. The molecule has 2 aromatic heterocycles. The van der Waals surface area contributed by atoms with Crippen LogP contribution in [0.5, 0.6) is 0 Å². The second kappa shape index (κ2) is 6.69. The predicted octanol–water partition coefficient (Wildman–Crippen LogP) is -0.294. The first-order valence-corrected chi connectivity index (χ1v) is 7.40. The minimum atomic E-state index is -0.109. The smallest absolute Gasteiger partial charge is 0.254 e. The van der Waals surface area contributed by atoms with Gasteiger partial charge < -0.3 is 9.80 Å². The number of piperazine rings is 1. The molecule has 0 spiro atoms. The molecule has 1 fully saturated rings. The molecule has 2 aromatic rings. The molecule has 1 aliphatic rings. The minimum absolute atomic E-state index is 0.0728. The highest BCUT2D eigenvalue weighted by atomic mass is 35.5. The Hall–Kier alpha value is -2.55. The van der Waals surface area contributed by atoms with Crippen LogP contribution in [-0.2, 0) is 11.3 Å². The molecule has 120 valence electrons. The van der Waals surface area contributed by atoms with E-state index in [1.165, 1.54) is 17.2 Å². The molecule has 23 heavy (non-hydrogen) atoms. The maximum absolute atomic E-state index is 12.4. The number of carbonyl (C=O) groups excluding carboxylic acids is 2. The molecule has 0 bridgehead atoms. The van der Waals surface area contributed by atoms with Gasteiger partial charge in [-0.3, -0.25) is 9.59 Å². The van der Waals surface area contributed by atoms with E-state index in [1.54, 1.807) is 21.9 Å². The van der Waals surface area contributed by atoms with E-state index in [0.717, 1.165) is 0 Å². The summed E-state index contributed by atoms with van der Waals surface area (Å²) in [6, 6.07) is 3.17. The first kappa shape index (κ1) is 15.3. The second-order valence-electron chi connectivity index (χ2n) is 5.05. The Morgan fingerprint density at radius 3 is 2.57 bits per heavy atom. The monoisotopic (exact) mass is 335 g/mol. The summed E-state index contributed by atoms with van der Waals surface area (Å²) in [6.45, 7) is 2.00. The zero-order valence-electron chi connectivity index (χ0n) is 12.2. The first-order valence-electron chi connectivity index (χ1n) is 7.03. The molecule has 0 radical (unpaired) electrons. The van der Waals surface area contributed by atoms with Gasteiger partial charge in [0.1, 0.15) is 18.0 Å². The standard InChI is InChI=1S/C13H14ClN7O2/c14-11-7-10(1-2-15-11)13(23)20-5-3-19(4-6-20)12(22)8-21-9-16-17-18-21/h1-2,7,9H,3-6,8H2. The number of tetrazole rings is 1. The predicted molar refractivity (Wildman–Crippen MR) is 79.5 cm³/mol. The van der Waals surface area contributed by atoms with Crippen LogP contribution in [0.25, 0.3) is 0 Å². The van der Waals surface area contributed by atoms with Gasteiger partial charge in [0, 0.05) is 37.9 Å². The summed E-state index contributed by atoms with van der Waals surface area (Å²) in [4.78, 5) is 31.8. The van der Waals surface area contributed by atoms with Crippen LogP contribution in [0.1, 0.15) is 10.4 Å². The molecule has 1 aliphatic heterocycles. The lowest BCUT2D eigenvalue weighted by atomic mass is 10.2. The van der Waals surface area contributed by atoms with Crippen molar-refractivity contribution in [3.63, 3.8) is 0 Å². The van der Waals surface area contributed by atoms with E-state index < -0.39 is 0 Å². The van der Waals surface area contributed by atoms with E-state index in [4.69, 9.17) is 11.6 Å². The Morgan fingerprint density at radius 2 is 1.91 bits per heavy atom. The number of halogens is 1. The summed E-state index contributed by atoms with van der Waals surface area (Å²) in [5.41, 5.74) is 0.499. The van der Waals surface area contributed by atoms with E-state index in [1.807, 2.05) is 0 Å². The molecular weight excluding hydrogens is 322 g/mol. The van der Waals surface area contributed by atoms with Gasteiger partial charge in [-0.1, -0.05) is 11.6 Å². The number of hydrogen-bond donors (Lipinski definition) is 0. The molecular formula is C13H14ClN7O2. The van der Waals surface area contributed by atoms with Crippen LogP contribution < -0.4 is 0 Å². The van der Waals surface area contributed by atoms with E-state index >= 15 is 0 Å². The fourth-order valence-electron chi connectivity index (χ4n) is 2.37. The quantitative estimate of drug-likeness (QED) is 0.715. The Kier molecular flexibility index (Phi) is 4.47. The maximum Gasteiger partial charge on any atom is 0.254 e. The van der Waals surface area contributed by atoms with Crippen molar-refractivity contribution >= 4 is 23.4 Å². The van der Waals surface area contributed by atoms with Crippen molar-refractivity contribution in [2.45, 2.75) is 6.54 Å². The summed E-state index contributed by atoms with van der Waals surface area (Å²) in [5, 5.41) is 10.9. The zero-order valence-corrected chi connectivity index (χ0v) is 12.9. The number of carbonyl (C=O) groups is 2. The third kappa shape index (κ3) is 3.62. The van der Waals surface area contributed by atoms with E-state index in [2.05, 4.69) is 20.5 Å². The van der Waals surface area contributed by atoms with Gasteiger partial charge in [0.2, 0.25) is 5.91 Å². The number of pyridine rings is 1. The van der Waals surface area contributed by atoms with Gasteiger partial charge in [0.15, 0.2) is 0 Å². The molecule has 0 aliphatic carbocycles. The summed E-state index contributed by atoms with van der Waals surface area (Å²) >= 11 is 5.81. The average Bonchev–Trinajstić information content (AvgIpc) is 3.07. The number of aromatic nitrogens is 5. The van der Waals surface area contributed by atoms with Gasteiger partial charge in [-0.05, 0) is 22.6 Å². The van der Waals surface area contributed by atoms with E-state index in [-0.39, 0.29) is 23.5 Å². The molecule has 1 saturated heterocycles. The van der Waals surface area contributed by atoms with Crippen molar-refractivity contribution in [3.8, 4) is 0 Å². The Bertz CT molecular complexity index is 698. The van der Waals surface area contributed by atoms with Crippen LogP contribution in [0, 0.1) is 0 Å². The van der Waals surface area contributed by atoms with E-state index in [9.17, 15) is 9.59 Å². The fraction of sp³-hybridized carbons (Fsp3) is 0.385. The van der Waals surface area contributed by atoms with Gasteiger partial charge in [-0.25, -0.2) is 9.67 Å². The summed E-state index contributed by atoms with van der Waals surface area (Å²) in [7, 11) is 0. The van der Waals surface area contributed by atoms with Gasteiger partial charge in [-0.2, -0.15) is 0 Å². The molecule has 0 N–H and O–H groups in total. The molecule has 3 heterocycles. The number of amides is 2. The molecule has 0 aromatic carbocycles. The molecule has 0 atom stereocenters. The van der Waals surface area contributed by atoms with Crippen LogP contribution in [0.4, 0.5) is 0 Å². The zero-order chi connectivity index (χ0) is 16.2. The van der Waals surface area contributed by atoms with Crippen LogP contribution in [-0.4, -0.2) is 73.0 Å². The van der Waals surface area contributed by atoms with Crippen molar-refractivity contribution in [1.29, 1.82) is 0 Å². The van der Waals surface area contributed by atoms with Gasteiger partial charge in [0.05, 0.1) is 0 Å².